The molecule has 1 rings (SSSR count). The molecule has 1 aromatic rings. The summed E-state index contributed by atoms with van der Waals surface area (Å²) in [5.74, 6) is 1.48. The van der Waals surface area contributed by atoms with Crippen LogP contribution in [0.1, 0.15) is 33.3 Å². The highest BCUT2D eigenvalue weighted by Gasteiger charge is 2.26. The molecule has 2 nitrogen and oxygen atoms in total. The van der Waals surface area contributed by atoms with Crippen molar-refractivity contribution in [3.63, 3.8) is 0 Å². The van der Waals surface area contributed by atoms with E-state index in [-0.39, 0.29) is 5.04 Å². The zero-order valence-corrected chi connectivity index (χ0v) is 11.8. The number of nitrogen functional groups attached to an aromatic ring is 1. The van der Waals surface area contributed by atoms with Crippen LogP contribution in [0.15, 0.2) is 18.2 Å². The van der Waals surface area contributed by atoms with E-state index in [4.69, 9.17) is 10.2 Å². The average molecular weight is 235 g/mol. The van der Waals surface area contributed by atoms with Crippen LogP contribution < -0.4 is 10.2 Å². The normalized spacial score (nSPS) is 11.9. The summed E-state index contributed by atoms with van der Waals surface area (Å²) in [7, 11) is 0.454. The number of anilines is 1. The molecule has 2 N–H and O–H groups in total. The molecule has 0 fully saturated rings. The fourth-order valence-electron chi connectivity index (χ4n) is 0.990. The van der Waals surface area contributed by atoms with Gasteiger partial charge in [0.25, 0.3) is 0 Å². The lowest BCUT2D eigenvalue weighted by atomic mass is 9.99. The van der Waals surface area contributed by atoms with Crippen LogP contribution in [0.3, 0.4) is 0 Å². The van der Waals surface area contributed by atoms with Crippen LogP contribution in [0.4, 0.5) is 5.69 Å². The van der Waals surface area contributed by atoms with Gasteiger partial charge >= 0.3 is 9.76 Å². The van der Waals surface area contributed by atoms with E-state index in [1.807, 2.05) is 25.1 Å². The van der Waals surface area contributed by atoms with Gasteiger partial charge in [-0.1, -0.05) is 33.8 Å². The van der Waals surface area contributed by atoms with Crippen molar-refractivity contribution in [2.24, 2.45) is 5.92 Å². The molecular weight excluding hydrogens is 214 g/mol. The highest BCUT2D eigenvalue weighted by atomic mass is 28.2. The van der Waals surface area contributed by atoms with E-state index in [9.17, 15) is 0 Å². The van der Waals surface area contributed by atoms with Crippen molar-refractivity contribution in [3.8, 4) is 5.75 Å². The van der Waals surface area contributed by atoms with Gasteiger partial charge in [0.15, 0.2) is 0 Å². The number of hydrogen-bond donors (Lipinski definition) is 1. The number of rotatable bonds is 4. The molecule has 0 saturated carbocycles. The number of hydrogen-bond acceptors (Lipinski definition) is 2. The van der Waals surface area contributed by atoms with Gasteiger partial charge < -0.3 is 10.2 Å². The Balaban J connectivity index is 2.65. The minimum absolute atomic E-state index is 0.208. The predicted octanol–water partition coefficient (Wildman–Crippen LogP) is 3.43. The van der Waals surface area contributed by atoms with Gasteiger partial charge in [0.1, 0.15) is 5.75 Å². The lowest BCUT2D eigenvalue weighted by molar-refractivity contribution is 0.428. The minimum Gasteiger partial charge on any atom is -0.540 e. The molecule has 0 aromatic heterocycles. The van der Waals surface area contributed by atoms with Crippen LogP contribution in [0, 0.1) is 12.8 Å². The fraction of sp³-hybridized carbons (Fsp3) is 0.538. The van der Waals surface area contributed by atoms with Crippen molar-refractivity contribution in [1.29, 1.82) is 0 Å². The van der Waals surface area contributed by atoms with E-state index in [1.165, 1.54) is 0 Å². The first-order valence-corrected chi connectivity index (χ1v) is 6.54. The molecule has 0 atom stereocenters. The smallest absolute Gasteiger partial charge is 0.317 e. The van der Waals surface area contributed by atoms with Crippen LogP contribution in [0.5, 0.6) is 5.75 Å². The van der Waals surface area contributed by atoms with Crippen molar-refractivity contribution < 1.29 is 4.43 Å². The molecule has 88 valence electrons. The second-order valence-electron chi connectivity index (χ2n) is 5.10. The highest BCUT2D eigenvalue weighted by Crippen LogP contribution is 2.33. The first-order valence-electron chi connectivity index (χ1n) is 5.63. The Kier molecular flexibility index (Phi) is 4.02. The van der Waals surface area contributed by atoms with Crippen molar-refractivity contribution in [2.75, 3.05) is 5.73 Å². The Bertz CT molecular complexity index is 361. The summed E-state index contributed by atoms with van der Waals surface area (Å²) in [4.78, 5) is 0. The van der Waals surface area contributed by atoms with E-state index in [1.54, 1.807) is 0 Å². The van der Waals surface area contributed by atoms with Crippen molar-refractivity contribution in [2.45, 2.75) is 39.7 Å². The van der Waals surface area contributed by atoms with Crippen LogP contribution in [-0.2, 0) is 0 Å². The maximum atomic E-state index is 5.84. The van der Waals surface area contributed by atoms with Gasteiger partial charge in [-0.15, -0.1) is 0 Å². The van der Waals surface area contributed by atoms with Crippen molar-refractivity contribution in [1.82, 2.24) is 0 Å². The summed E-state index contributed by atoms with van der Waals surface area (Å²) in [6.07, 6.45) is 0. The molecule has 3 heteroatoms. The number of aryl methyl sites for hydroxylation is 1. The lowest BCUT2D eigenvalue weighted by Gasteiger charge is -2.26. The van der Waals surface area contributed by atoms with E-state index in [0.29, 0.717) is 15.7 Å². The molecule has 0 aliphatic rings. The van der Waals surface area contributed by atoms with Gasteiger partial charge in [0.05, 0.1) is 0 Å². The molecular formula is C13H21NOSi. The van der Waals surface area contributed by atoms with Gasteiger partial charge in [0.2, 0.25) is 0 Å². The van der Waals surface area contributed by atoms with Crippen LogP contribution in [0.2, 0.25) is 5.04 Å². The fourth-order valence-corrected chi connectivity index (χ4v) is 1.73. The summed E-state index contributed by atoms with van der Waals surface area (Å²) >= 11 is 0. The second kappa shape index (κ2) is 4.91. The predicted molar refractivity (Wildman–Crippen MR) is 70.9 cm³/mol. The largest absolute Gasteiger partial charge is 0.540 e. The Morgan fingerprint density at radius 3 is 2.44 bits per heavy atom. The monoisotopic (exact) mass is 235 g/mol. The molecule has 0 aliphatic heterocycles. The van der Waals surface area contributed by atoms with Gasteiger partial charge in [-0.25, -0.2) is 0 Å². The summed E-state index contributed by atoms with van der Waals surface area (Å²) in [5.41, 5.74) is 7.73. The molecule has 0 bridgehead atoms. The first-order chi connectivity index (χ1) is 7.33. The average Bonchev–Trinajstić information content (AvgIpc) is 2.20. The molecule has 1 aromatic carbocycles. The summed E-state index contributed by atoms with van der Waals surface area (Å²) in [6.45, 7) is 10.9. The van der Waals surface area contributed by atoms with E-state index >= 15 is 0 Å². The van der Waals surface area contributed by atoms with Gasteiger partial charge in [-0.3, -0.25) is 0 Å². The number of benzene rings is 1. The van der Waals surface area contributed by atoms with Crippen LogP contribution in [-0.4, -0.2) is 9.76 Å². The second-order valence-corrected chi connectivity index (χ2v) is 6.80. The van der Waals surface area contributed by atoms with Crippen molar-refractivity contribution >= 4 is 15.5 Å². The van der Waals surface area contributed by atoms with Crippen LogP contribution >= 0.6 is 0 Å². The van der Waals surface area contributed by atoms with Crippen LogP contribution in [0.25, 0.3) is 0 Å². The van der Waals surface area contributed by atoms with E-state index in [0.717, 1.165) is 17.0 Å². The molecule has 0 heterocycles. The third-order valence-electron chi connectivity index (χ3n) is 3.13. The standard InChI is InChI=1S/C13H21NOSi/c1-9(2)13(4,5)16-15-11-7-6-10(3)12(14)8-11/h6-9H,14H2,1-5H3. The molecule has 0 aliphatic carbocycles. The first kappa shape index (κ1) is 13.1. The highest BCUT2D eigenvalue weighted by molar-refractivity contribution is 6.33. The summed E-state index contributed by atoms with van der Waals surface area (Å²) in [6, 6.07) is 5.88. The third kappa shape index (κ3) is 3.27. The molecule has 16 heavy (non-hydrogen) atoms. The maximum absolute atomic E-state index is 5.84. The molecule has 0 unspecified atom stereocenters. The SMILES string of the molecule is Cc1ccc(O[Si]C(C)(C)C(C)C)cc1N. The van der Waals surface area contributed by atoms with Gasteiger partial charge in [0, 0.05) is 11.8 Å². The van der Waals surface area contributed by atoms with Gasteiger partial charge in [-0.2, -0.15) is 0 Å². The Morgan fingerprint density at radius 1 is 1.31 bits per heavy atom. The van der Waals surface area contributed by atoms with Crippen molar-refractivity contribution in [3.05, 3.63) is 23.8 Å². The molecule has 0 amide bonds. The third-order valence-corrected chi connectivity index (χ3v) is 4.57. The zero-order chi connectivity index (χ0) is 12.3. The topological polar surface area (TPSA) is 35.2 Å². The summed E-state index contributed by atoms with van der Waals surface area (Å²) < 4.78 is 5.82. The number of nitrogens with two attached hydrogens (primary N) is 1. The molecule has 2 radical (unpaired) electrons. The maximum Gasteiger partial charge on any atom is 0.317 e. The van der Waals surface area contributed by atoms with Gasteiger partial charge in [-0.05, 0) is 29.5 Å². The van der Waals surface area contributed by atoms with E-state index in [2.05, 4.69) is 27.7 Å². The van der Waals surface area contributed by atoms with E-state index < -0.39 is 0 Å². The Hall–Kier alpha value is -0.963. The quantitative estimate of drug-likeness (QED) is 0.641. The molecule has 0 spiro atoms. The Morgan fingerprint density at radius 2 is 1.94 bits per heavy atom. The lowest BCUT2D eigenvalue weighted by Crippen LogP contribution is -2.24. The molecule has 0 saturated heterocycles. The minimum atomic E-state index is 0.208. The zero-order valence-electron chi connectivity index (χ0n) is 10.8. The Labute approximate surface area is 101 Å². The summed E-state index contributed by atoms with van der Waals surface area (Å²) in [5, 5.41) is 0.208.